The molecule has 0 radical (unpaired) electrons. The Morgan fingerprint density at radius 2 is 2.50 bits per heavy atom. The molecule has 0 saturated heterocycles. The first-order valence-corrected chi connectivity index (χ1v) is 3.36. The molecule has 0 aromatic carbocycles. The number of allylic oxidation sites excluding steroid dienone is 1. The third-order valence-corrected chi connectivity index (χ3v) is 0.988. The van der Waals surface area contributed by atoms with Gasteiger partial charge in [-0.15, -0.1) is 0 Å². The second-order valence-electron chi connectivity index (χ2n) is 1.35. The highest BCUT2D eigenvalue weighted by molar-refractivity contribution is 14.1. The van der Waals surface area contributed by atoms with Crippen LogP contribution in [0.2, 0.25) is 0 Å². The fraction of sp³-hybridized carbons (Fsp3) is 0.400. The van der Waals surface area contributed by atoms with Crippen LogP contribution >= 0.6 is 22.9 Å². The van der Waals surface area contributed by atoms with E-state index in [0.717, 1.165) is 6.54 Å². The molecule has 0 rings (SSSR count). The summed E-state index contributed by atoms with van der Waals surface area (Å²) in [5, 5.41) is 0. The van der Waals surface area contributed by atoms with Crippen molar-refractivity contribution in [3.63, 3.8) is 0 Å². The summed E-state index contributed by atoms with van der Waals surface area (Å²) in [4.78, 5) is 10.2. The Kier molecular flexibility index (Phi) is 5.31. The first kappa shape index (κ1) is 8.10. The van der Waals surface area contributed by atoms with E-state index in [9.17, 15) is 4.79 Å². The molecule has 0 saturated carbocycles. The number of hydrogen-bond acceptors (Lipinski definition) is 2. The number of rotatable bonds is 3. The maximum atomic E-state index is 10.2. The van der Waals surface area contributed by atoms with Gasteiger partial charge in [0.2, 0.25) is 0 Å². The van der Waals surface area contributed by atoms with Gasteiger partial charge in [-0.3, -0.25) is 8.32 Å². The van der Waals surface area contributed by atoms with Crippen molar-refractivity contribution in [3.8, 4) is 0 Å². The third-order valence-electron chi connectivity index (χ3n) is 0.548. The SMILES string of the molecule is CC(=O)/C=C/CNI. The van der Waals surface area contributed by atoms with E-state index in [1.54, 1.807) is 12.2 Å². The lowest BCUT2D eigenvalue weighted by Crippen LogP contribution is -1.95. The molecule has 1 N–H and O–H groups in total. The van der Waals surface area contributed by atoms with Gasteiger partial charge < -0.3 is 0 Å². The molecule has 2 nitrogen and oxygen atoms in total. The van der Waals surface area contributed by atoms with Crippen LogP contribution in [0.5, 0.6) is 0 Å². The highest BCUT2D eigenvalue weighted by atomic mass is 127. The van der Waals surface area contributed by atoms with E-state index in [-0.39, 0.29) is 5.78 Å². The van der Waals surface area contributed by atoms with Crippen LogP contribution in [0.4, 0.5) is 0 Å². The van der Waals surface area contributed by atoms with Gasteiger partial charge in [0, 0.05) is 29.4 Å². The largest absolute Gasteiger partial charge is 0.295 e. The maximum Gasteiger partial charge on any atom is 0.152 e. The summed E-state index contributed by atoms with van der Waals surface area (Å²) in [6.45, 7) is 2.28. The Balaban J connectivity index is 3.20. The first-order valence-electron chi connectivity index (χ1n) is 2.28. The lowest BCUT2D eigenvalue weighted by Gasteiger charge is -1.81. The third kappa shape index (κ3) is 6.10. The van der Waals surface area contributed by atoms with E-state index < -0.39 is 0 Å². The van der Waals surface area contributed by atoms with Crippen LogP contribution in [-0.4, -0.2) is 12.3 Å². The second-order valence-corrected chi connectivity index (χ2v) is 2.11. The predicted molar refractivity (Wildman–Crippen MR) is 41.8 cm³/mol. The van der Waals surface area contributed by atoms with E-state index in [0.29, 0.717) is 0 Å². The quantitative estimate of drug-likeness (QED) is 0.442. The highest BCUT2D eigenvalue weighted by Gasteiger charge is 1.77. The molecule has 0 bridgehead atoms. The molecule has 46 valence electrons. The van der Waals surface area contributed by atoms with Crippen molar-refractivity contribution in [3.05, 3.63) is 12.2 Å². The summed E-state index contributed by atoms with van der Waals surface area (Å²) in [6.07, 6.45) is 3.33. The van der Waals surface area contributed by atoms with Gasteiger partial charge >= 0.3 is 0 Å². The van der Waals surface area contributed by atoms with Gasteiger partial charge in [-0.2, -0.15) is 0 Å². The Morgan fingerprint density at radius 3 is 2.88 bits per heavy atom. The Morgan fingerprint density at radius 1 is 1.88 bits per heavy atom. The van der Waals surface area contributed by atoms with E-state index in [1.165, 1.54) is 6.92 Å². The van der Waals surface area contributed by atoms with E-state index in [2.05, 4.69) is 3.53 Å². The van der Waals surface area contributed by atoms with Gasteiger partial charge in [0.05, 0.1) is 0 Å². The fourth-order valence-electron chi connectivity index (χ4n) is 0.269. The molecule has 0 aliphatic rings. The first-order chi connectivity index (χ1) is 3.77. The molecule has 0 amide bonds. The molecule has 0 spiro atoms. The summed E-state index contributed by atoms with van der Waals surface area (Å²) in [5.41, 5.74) is 0. The lowest BCUT2D eigenvalue weighted by molar-refractivity contribution is -0.112. The van der Waals surface area contributed by atoms with Crippen LogP contribution < -0.4 is 3.53 Å². The van der Waals surface area contributed by atoms with Crippen LogP contribution in [0.3, 0.4) is 0 Å². The zero-order chi connectivity index (χ0) is 6.41. The van der Waals surface area contributed by atoms with Gasteiger partial charge in [0.15, 0.2) is 5.78 Å². The number of halogens is 1. The Hall–Kier alpha value is 0.1000. The van der Waals surface area contributed by atoms with Gasteiger partial charge in [-0.05, 0) is 13.0 Å². The normalized spacial score (nSPS) is 10.2. The van der Waals surface area contributed by atoms with E-state index in [1.807, 2.05) is 22.9 Å². The van der Waals surface area contributed by atoms with E-state index >= 15 is 0 Å². The molecule has 0 atom stereocenters. The molecule has 8 heavy (non-hydrogen) atoms. The molecule has 0 aromatic heterocycles. The van der Waals surface area contributed by atoms with E-state index in [4.69, 9.17) is 0 Å². The molecule has 0 heterocycles. The van der Waals surface area contributed by atoms with Crippen LogP contribution in [0.1, 0.15) is 6.92 Å². The second kappa shape index (κ2) is 5.24. The highest BCUT2D eigenvalue weighted by Crippen LogP contribution is 1.74. The number of carbonyl (C=O) groups excluding carboxylic acids is 1. The molecule has 3 heteroatoms. The molecular formula is C5H8INO. The minimum atomic E-state index is 0.0941. The number of carbonyl (C=O) groups is 1. The van der Waals surface area contributed by atoms with Crippen LogP contribution in [-0.2, 0) is 4.79 Å². The van der Waals surface area contributed by atoms with Gasteiger partial charge in [0.25, 0.3) is 0 Å². The maximum absolute atomic E-state index is 10.2. The minimum absolute atomic E-state index is 0.0941. The fourth-order valence-corrected chi connectivity index (χ4v) is 0.524. The molecule has 0 fully saturated rings. The zero-order valence-corrected chi connectivity index (χ0v) is 6.81. The Labute approximate surface area is 62.8 Å². The van der Waals surface area contributed by atoms with Crippen molar-refractivity contribution in [1.29, 1.82) is 0 Å². The molecule has 0 unspecified atom stereocenters. The number of ketones is 1. The number of hydrogen-bond donors (Lipinski definition) is 1. The Bertz CT molecular complexity index is 101. The molecule has 0 aromatic rings. The summed E-state index contributed by atoms with van der Waals surface area (Å²) < 4.78 is 2.85. The molecule has 0 aliphatic carbocycles. The standard InChI is InChI=1S/C5H8INO/c1-5(8)3-2-4-7-6/h2-3,7H,4H2,1H3/b3-2+. The molecular weight excluding hydrogens is 217 g/mol. The van der Waals surface area contributed by atoms with Crippen molar-refractivity contribution in [2.75, 3.05) is 6.54 Å². The minimum Gasteiger partial charge on any atom is -0.295 e. The van der Waals surface area contributed by atoms with Crippen molar-refractivity contribution in [2.45, 2.75) is 6.92 Å². The average molecular weight is 225 g/mol. The summed E-state index contributed by atoms with van der Waals surface area (Å²) in [5.74, 6) is 0.0941. The zero-order valence-electron chi connectivity index (χ0n) is 4.65. The van der Waals surface area contributed by atoms with Gasteiger partial charge in [0.1, 0.15) is 0 Å². The van der Waals surface area contributed by atoms with Gasteiger partial charge in [-0.25, -0.2) is 0 Å². The summed E-state index contributed by atoms with van der Waals surface area (Å²) in [6, 6.07) is 0. The van der Waals surface area contributed by atoms with Crippen molar-refractivity contribution in [1.82, 2.24) is 3.53 Å². The summed E-state index contributed by atoms with van der Waals surface area (Å²) in [7, 11) is 0. The lowest BCUT2D eigenvalue weighted by atomic mass is 10.4. The topological polar surface area (TPSA) is 29.1 Å². The number of nitrogens with one attached hydrogen (secondary N) is 1. The van der Waals surface area contributed by atoms with Crippen LogP contribution in [0.15, 0.2) is 12.2 Å². The van der Waals surface area contributed by atoms with Crippen molar-refractivity contribution >= 4 is 28.6 Å². The average Bonchev–Trinajstić information content (AvgIpc) is 1.66. The smallest absolute Gasteiger partial charge is 0.152 e. The van der Waals surface area contributed by atoms with Crippen molar-refractivity contribution in [2.24, 2.45) is 0 Å². The monoisotopic (exact) mass is 225 g/mol. The molecule has 0 aliphatic heterocycles. The van der Waals surface area contributed by atoms with Crippen LogP contribution in [0, 0.1) is 0 Å². The summed E-state index contributed by atoms with van der Waals surface area (Å²) >= 11 is 2.02. The van der Waals surface area contributed by atoms with Crippen LogP contribution in [0.25, 0.3) is 0 Å². The van der Waals surface area contributed by atoms with Crippen molar-refractivity contribution < 1.29 is 4.79 Å². The van der Waals surface area contributed by atoms with Gasteiger partial charge in [-0.1, -0.05) is 6.08 Å². The predicted octanol–water partition coefficient (Wildman–Crippen LogP) is 1.07.